The molecule has 0 saturated carbocycles. The summed E-state index contributed by atoms with van der Waals surface area (Å²) in [5.74, 6) is 1.31. The number of nitro groups is 1. The Morgan fingerprint density at radius 3 is 2.59 bits per heavy atom. The largest absolute Gasteiger partial charge is 0.496 e. The summed E-state index contributed by atoms with van der Waals surface area (Å²) in [5, 5.41) is 20.4. The molecule has 6 nitrogen and oxygen atoms in total. The second kappa shape index (κ2) is 7.89. The molecule has 0 unspecified atom stereocenters. The summed E-state index contributed by atoms with van der Waals surface area (Å²) in [5.41, 5.74) is 1.75. The molecular formula is C20H13BrN2O4. The van der Waals surface area contributed by atoms with Crippen molar-refractivity contribution in [1.29, 1.82) is 5.26 Å². The molecular weight excluding hydrogens is 412 g/mol. The number of rotatable bonds is 5. The zero-order valence-corrected chi connectivity index (χ0v) is 15.8. The zero-order chi connectivity index (χ0) is 19.4. The van der Waals surface area contributed by atoms with Gasteiger partial charge in [-0.15, -0.1) is 0 Å². The van der Waals surface area contributed by atoms with Crippen molar-refractivity contribution in [3.8, 4) is 23.1 Å². The molecule has 1 heterocycles. The Bertz CT molecular complexity index is 1060. The molecule has 2 aromatic carbocycles. The van der Waals surface area contributed by atoms with E-state index in [-0.39, 0.29) is 5.69 Å². The van der Waals surface area contributed by atoms with Crippen LogP contribution < -0.4 is 4.74 Å². The minimum absolute atomic E-state index is 0.0655. The maximum atomic E-state index is 10.9. The van der Waals surface area contributed by atoms with Crippen LogP contribution in [-0.4, -0.2) is 12.0 Å². The second-order valence-electron chi connectivity index (χ2n) is 5.52. The van der Waals surface area contributed by atoms with E-state index in [0.717, 1.165) is 10.0 Å². The smallest absolute Gasteiger partial charge is 0.273 e. The number of nitrogens with zero attached hydrogens (tertiary/aromatic N) is 2. The average Bonchev–Trinajstić information content (AvgIpc) is 3.14. The van der Waals surface area contributed by atoms with Crippen molar-refractivity contribution >= 4 is 33.3 Å². The normalized spacial score (nSPS) is 11.1. The second-order valence-corrected chi connectivity index (χ2v) is 6.44. The molecule has 0 aliphatic rings. The fourth-order valence-electron chi connectivity index (χ4n) is 2.52. The highest BCUT2D eigenvalue weighted by Crippen LogP contribution is 2.34. The number of ether oxygens (including phenoxy) is 1. The van der Waals surface area contributed by atoms with Gasteiger partial charge in [-0.1, -0.05) is 28.1 Å². The number of allylic oxidation sites excluding steroid dienone is 1. The van der Waals surface area contributed by atoms with Crippen LogP contribution in [0.1, 0.15) is 11.3 Å². The Balaban J connectivity index is 1.96. The zero-order valence-electron chi connectivity index (χ0n) is 14.2. The van der Waals surface area contributed by atoms with Gasteiger partial charge >= 0.3 is 0 Å². The first kappa shape index (κ1) is 18.4. The van der Waals surface area contributed by atoms with Gasteiger partial charge in [0.15, 0.2) is 0 Å². The molecule has 0 aliphatic carbocycles. The van der Waals surface area contributed by atoms with Crippen molar-refractivity contribution in [3.05, 3.63) is 80.5 Å². The number of methoxy groups -OCH3 is 1. The molecule has 0 atom stereocenters. The minimum atomic E-state index is -0.486. The predicted octanol–water partition coefficient (Wildman–Crippen LogP) is 5.69. The fraction of sp³-hybridized carbons (Fsp3) is 0.0500. The van der Waals surface area contributed by atoms with Crippen molar-refractivity contribution < 1.29 is 14.1 Å². The van der Waals surface area contributed by atoms with Gasteiger partial charge in [-0.25, -0.2) is 0 Å². The predicted molar refractivity (Wildman–Crippen MR) is 105 cm³/mol. The lowest BCUT2D eigenvalue weighted by atomic mass is 10.1. The molecule has 0 spiro atoms. The summed E-state index contributed by atoms with van der Waals surface area (Å²) in [6.07, 6.45) is 1.64. The van der Waals surface area contributed by atoms with E-state index in [0.29, 0.717) is 28.4 Å². The van der Waals surface area contributed by atoms with Crippen LogP contribution in [0.4, 0.5) is 5.69 Å². The lowest BCUT2D eigenvalue weighted by molar-refractivity contribution is -0.384. The van der Waals surface area contributed by atoms with Gasteiger partial charge in [-0.2, -0.15) is 5.26 Å². The SMILES string of the molecule is COc1cc([N+](=O)[O-])ccc1-c1ccc(C=C(C#N)c2ccc(Br)cc2)o1. The Morgan fingerprint density at radius 1 is 1.22 bits per heavy atom. The first-order chi connectivity index (χ1) is 13.0. The number of nitro benzene ring substituents is 1. The molecule has 0 bridgehead atoms. The van der Waals surface area contributed by atoms with E-state index in [1.54, 1.807) is 24.3 Å². The molecule has 0 N–H and O–H groups in total. The fourth-order valence-corrected chi connectivity index (χ4v) is 2.79. The number of hydrogen-bond donors (Lipinski definition) is 0. The highest BCUT2D eigenvalue weighted by Gasteiger charge is 2.15. The van der Waals surface area contributed by atoms with Crippen molar-refractivity contribution in [2.45, 2.75) is 0 Å². The molecule has 0 fully saturated rings. The first-order valence-corrected chi connectivity index (χ1v) is 8.61. The third-order valence-electron chi connectivity index (χ3n) is 3.85. The summed E-state index contributed by atoms with van der Waals surface area (Å²) < 4.78 is 12.0. The molecule has 0 amide bonds. The minimum Gasteiger partial charge on any atom is -0.496 e. The number of hydrogen-bond acceptors (Lipinski definition) is 5. The van der Waals surface area contributed by atoms with E-state index >= 15 is 0 Å². The Morgan fingerprint density at radius 2 is 1.96 bits per heavy atom. The van der Waals surface area contributed by atoms with Crippen LogP contribution in [0.3, 0.4) is 0 Å². The van der Waals surface area contributed by atoms with Crippen LogP contribution in [0.25, 0.3) is 23.0 Å². The average molecular weight is 425 g/mol. The van der Waals surface area contributed by atoms with Crippen molar-refractivity contribution in [1.82, 2.24) is 0 Å². The molecule has 1 aromatic heterocycles. The summed E-state index contributed by atoms with van der Waals surface area (Å²) in [6.45, 7) is 0. The number of benzene rings is 2. The third-order valence-corrected chi connectivity index (χ3v) is 4.38. The van der Waals surface area contributed by atoms with Gasteiger partial charge in [0.25, 0.3) is 5.69 Å². The molecule has 7 heteroatoms. The van der Waals surface area contributed by atoms with Crippen LogP contribution in [-0.2, 0) is 0 Å². The van der Waals surface area contributed by atoms with Crippen molar-refractivity contribution in [2.75, 3.05) is 7.11 Å². The summed E-state index contributed by atoms with van der Waals surface area (Å²) >= 11 is 3.37. The van der Waals surface area contributed by atoms with Crippen LogP contribution in [0.2, 0.25) is 0 Å². The van der Waals surface area contributed by atoms with Gasteiger partial charge < -0.3 is 9.15 Å². The summed E-state index contributed by atoms with van der Waals surface area (Å²) in [6, 6.07) is 17.3. The number of furan rings is 1. The van der Waals surface area contributed by atoms with Crippen molar-refractivity contribution in [2.24, 2.45) is 0 Å². The van der Waals surface area contributed by atoms with Crippen LogP contribution in [0.5, 0.6) is 5.75 Å². The molecule has 0 radical (unpaired) electrons. The van der Waals surface area contributed by atoms with Gasteiger partial charge in [-0.05, 0) is 42.0 Å². The van der Waals surface area contributed by atoms with Crippen molar-refractivity contribution in [3.63, 3.8) is 0 Å². The number of nitriles is 1. The third kappa shape index (κ3) is 4.07. The van der Waals surface area contributed by atoms with Gasteiger partial charge in [0, 0.05) is 10.5 Å². The maximum absolute atomic E-state index is 10.9. The summed E-state index contributed by atoms with van der Waals surface area (Å²) in [4.78, 5) is 10.4. The molecule has 0 aliphatic heterocycles. The Hall–Kier alpha value is -3.37. The van der Waals surface area contributed by atoms with E-state index in [4.69, 9.17) is 9.15 Å². The van der Waals surface area contributed by atoms with Crippen LogP contribution >= 0.6 is 15.9 Å². The van der Waals surface area contributed by atoms with Crippen LogP contribution in [0.15, 0.2) is 63.5 Å². The number of halogens is 1. The van der Waals surface area contributed by atoms with Gasteiger partial charge in [0.2, 0.25) is 0 Å². The van der Waals surface area contributed by atoms with E-state index in [2.05, 4.69) is 22.0 Å². The van der Waals surface area contributed by atoms with E-state index < -0.39 is 4.92 Å². The lowest BCUT2D eigenvalue weighted by Crippen LogP contribution is -1.92. The summed E-state index contributed by atoms with van der Waals surface area (Å²) in [7, 11) is 1.44. The Kier molecular flexibility index (Phi) is 5.38. The van der Waals surface area contributed by atoms with Gasteiger partial charge in [0.05, 0.1) is 35.3 Å². The maximum Gasteiger partial charge on any atom is 0.273 e. The van der Waals surface area contributed by atoms with E-state index in [1.165, 1.54) is 19.2 Å². The van der Waals surface area contributed by atoms with Gasteiger partial charge in [-0.3, -0.25) is 10.1 Å². The Labute approximate surface area is 163 Å². The van der Waals surface area contributed by atoms with E-state index in [9.17, 15) is 15.4 Å². The monoisotopic (exact) mass is 424 g/mol. The quantitative estimate of drug-likeness (QED) is 0.298. The lowest BCUT2D eigenvalue weighted by Gasteiger charge is -2.05. The highest BCUT2D eigenvalue weighted by atomic mass is 79.9. The van der Waals surface area contributed by atoms with Crippen LogP contribution in [0, 0.1) is 21.4 Å². The standard InChI is InChI=1S/C20H13BrN2O4/c1-26-20-11-16(23(24)25)6-8-18(20)19-9-7-17(27-19)10-14(12-22)13-2-4-15(21)5-3-13/h2-11H,1H3. The molecule has 134 valence electrons. The molecule has 3 rings (SSSR count). The molecule has 27 heavy (non-hydrogen) atoms. The topological polar surface area (TPSA) is 89.3 Å². The number of non-ortho nitro benzene ring substituents is 1. The molecule has 3 aromatic rings. The first-order valence-electron chi connectivity index (χ1n) is 7.82. The molecule has 0 saturated heterocycles. The van der Waals surface area contributed by atoms with Gasteiger partial charge in [0.1, 0.15) is 17.3 Å². The van der Waals surface area contributed by atoms with E-state index in [1.807, 2.05) is 24.3 Å². The highest BCUT2D eigenvalue weighted by molar-refractivity contribution is 9.10.